The minimum atomic E-state index is -0.285. The Kier molecular flexibility index (Phi) is 7.99. The predicted octanol–water partition coefficient (Wildman–Crippen LogP) is 6.27. The highest BCUT2D eigenvalue weighted by atomic mass is 35.5. The minimum absolute atomic E-state index is 0.124. The maximum atomic E-state index is 13.8. The number of hydrogen-bond acceptors (Lipinski definition) is 3. The summed E-state index contributed by atoms with van der Waals surface area (Å²) in [4.78, 5) is 0. The molecule has 0 radical (unpaired) electrons. The van der Waals surface area contributed by atoms with Gasteiger partial charge in [-0.3, -0.25) is 0 Å². The van der Waals surface area contributed by atoms with Crippen LogP contribution in [0.3, 0.4) is 0 Å². The molecule has 5 heteroatoms. The van der Waals surface area contributed by atoms with Crippen LogP contribution in [0.2, 0.25) is 5.02 Å². The molecule has 1 saturated carbocycles. The Bertz CT molecular complexity index is 760. The van der Waals surface area contributed by atoms with Crippen LogP contribution in [-0.2, 0) is 13.2 Å². The van der Waals surface area contributed by atoms with Crippen molar-refractivity contribution in [3.63, 3.8) is 0 Å². The SMILES string of the molecule is COc1cc(CNC2CCCCCCC2)c(Cl)cc1OCc1ccccc1F. The van der Waals surface area contributed by atoms with Gasteiger partial charge < -0.3 is 14.8 Å². The average molecular weight is 406 g/mol. The second-order valence-electron chi connectivity index (χ2n) is 7.40. The van der Waals surface area contributed by atoms with Gasteiger partial charge in [-0.2, -0.15) is 0 Å². The molecule has 0 spiro atoms. The van der Waals surface area contributed by atoms with E-state index in [9.17, 15) is 4.39 Å². The van der Waals surface area contributed by atoms with Crippen molar-refractivity contribution in [3.05, 3.63) is 58.4 Å². The van der Waals surface area contributed by atoms with Gasteiger partial charge in [0, 0.05) is 29.2 Å². The molecule has 0 aromatic heterocycles. The van der Waals surface area contributed by atoms with E-state index in [0.29, 0.717) is 34.7 Å². The van der Waals surface area contributed by atoms with Gasteiger partial charge >= 0.3 is 0 Å². The van der Waals surface area contributed by atoms with Crippen LogP contribution in [0.5, 0.6) is 11.5 Å². The highest BCUT2D eigenvalue weighted by molar-refractivity contribution is 6.31. The van der Waals surface area contributed by atoms with E-state index in [4.69, 9.17) is 21.1 Å². The minimum Gasteiger partial charge on any atom is -0.493 e. The summed E-state index contributed by atoms with van der Waals surface area (Å²) < 4.78 is 25.1. The lowest BCUT2D eigenvalue weighted by Crippen LogP contribution is -2.29. The standard InChI is InChI=1S/C23H29ClFNO2/c1-27-22-13-18(15-26-19-10-5-3-2-4-6-11-19)20(24)14-23(22)28-16-17-9-7-8-12-21(17)25/h7-9,12-14,19,26H,2-6,10-11,15-16H2,1H3. The summed E-state index contributed by atoms with van der Waals surface area (Å²) in [5, 5.41) is 4.28. The smallest absolute Gasteiger partial charge is 0.163 e. The van der Waals surface area contributed by atoms with Crippen molar-refractivity contribution in [2.45, 2.75) is 64.1 Å². The molecule has 3 nitrogen and oxygen atoms in total. The lowest BCUT2D eigenvalue weighted by Gasteiger charge is -2.22. The molecule has 0 unspecified atom stereocenters. The zero-order chi connectivity index (χ0) is 19.8. The number of ether oxygens (including phenoxy) is 2. The highest BCUT2D eigenvalue weighted by Gasteiger charge is 2.15. The summed E-state index contributed by atoms with van der Waals surface area (Å²) in [6.45, 7) is 0.826. The lowest BCUT2D eigenvalue weighted by molar-refractivity contribution is 0.279. The van der Waals surface area contributed by atoms with E-state index >= 15 is 0 Å². The van der Waals surface area contributed by atoms with E-state index in [1.807, 2.05) is 6.07 Å². The maximum absolute atomic E-state index is 13.8. The van der Waals surface area contributed by atoms with Crippen molar-refractivity contribution in [1.29, 1.82) is 0 Å². The molecular weight excluding hydrogens is 377 g/mol. The molecule has 2 aromatic carbocycles. The molecule has 0 aliphatic heterocycles. The topological polar surface area (TPSA) is 30.5 Å². The first-order valence-electron chi connectivity index (χ1n) is 10.1. The molecule has 0 amide bonds. The van der Waals surface area contributed by atoms with E-state index in [1.54, 1.807) is 31.4 Å². The zero-order valence-corrected chi connectivity index (χ0v) is 17.2. The second-order valence-corrected chi connectivity index (χ2v) is 7.80. The van der Waals surface area contributed by atoms with E-state index in [-0.39, 0.29) is 12.4 Å². The molecule has 152 valence electrons. The molecule has 1 aliphatic rings. The first-order chi connectivity index (χ1) is 13.7. The van der Waals surface area contributed by atoms with Gasteiger partial charge in [-0.25, -0.2) is 4.39 Å². The van der Waals surface area contributed by atoms with Crippen molar-refractivity contribution in [3.8, 4) is 11.5 Å². The Morgan fingerprint density at radius 3 is 2.43 bits per heavy atom. The largest absolute Gasteiger partial charge is 0.493 e. The van der Waals surface area contributed by atoms with Gasteiger partial charge in [0.2, 0.25) is 0 Å². The number of benzene rings is 2. The average Bonchev–Trinajstić information content (AvgIpc) is 2.67. The summed E-state index contributed by atoms with van der Waals surface area (Å²) in [5.41, 5.74) is 1.48. The second kappa shape index (κ2) is 10.7. The van der Waals surface area contributed by atoms with Crippen molar-refractivity contribution in [2.24, 2.45) is 0 Å². The van der Waals surface area contributed by atoms with Crippen LogP contribution >= 0.6 is 11.6 Å². The fourth-order valence-electron chi connectivity index (χ4n) is 3.67. The number of hydrogen-bond donors (Lipinski definition) is 1. The Labute approximate surface area is 172 Å². The fraction of sp³-hybridized carbons (Fsp3) is 0.478. The van der Waals surface area contributed by atoms with Gasteiger partial charge in [-0.1, -0.05) is 61.9 Å². The molecule has 0 atom stereocenters. The number of nitrogens with one attached hydrogen (secondary N) is 1. The lowest BCUT2D eigenvalue weighted by atomic mass is 9.96. The van der Waals surface area contributed by atoms with Crippen LogP contribution < -0.4 is 14.8 Å². The Morgan fingerprint density at radius 2 is 1.71 bits per heavy atom. The molecule has 3 rings (SSSR count). The number of halogens is 2. The van der Waals surface area contributed by atoms with Crippen molar-refractivity contribution in [2.75, 3.05) is 7.11 Å². The highest BCUT2D eigenvalue weighted by Crippen LogP contribution is 2.34. The number of rotatable bonds is 7. The van der Waals surface area contributed by atoms with Gasteiger partial charge in [0.25, 0.3) is 0 Å². The van der Waals surface area contributed by atoms with Gasteiger partial charge in [0.1, 0.15) is 12.4 Å². The molecule has 0 saturated heterocycles. The molecular formula is C23H29ClFNO2. The summed E-state index contributed by atoms with van der Waals surface area (Å²) in [6.07, 6.45) is 9.05. The van der Waals surface area contributed by atoms with Crippen LogP contribution in [0.1, 0.15) is 56.1 Å². The molecule has 2 aromatic rings. The summed E-state index contributed by atoms with van der Waals surface area (Å²) in [5.74, 6) is 0.841. The third-order valence-corrected chi connectivity index (χ3v) is 5.71. The zero-order valence-electron chi connectivity index (χ0n) is 16.5. The molecule has 28 heavy (non-hydrogen) atoms. The van der Waals surface area contributed by atoms with Crippen molar-refractivity contribution in [1.82, 2.24) is 5.32 Å². The van der Waals surface area contributed by atoms with Crippen molar-refractivity contribution >= 4 is 11.6 Å². The van der Waals surface area contributed by atoms with Crippen LogP contribution in [0.15, 0.2) is 36.4 Å². The van der Waals surface area contributed by atoms with Crippen LogP contribution in [0.4, 0.5) is 4.39 Å². The van der Waals surface area contributed by atoms with E-state index in [1.165, 1.54) is 51.0 Å². The molecule has 1 fully saturated rings. The monoisotopic (exact) mass is 405 g/mol. The fourth-order valence-corrected chi connectivity index (χ4v) is 3.89. The Hall–Kier alpha value is -1.78. The van der Waals surface area contributed by atoms with E-state index in [2.05, 4.69) is 5.32 Å². The van der Waals surface area contributed by atoms with Crippen molar-refractivity contribution < 1.29 is 13.9 Å². The van der Waals surface area contributed by atoms with Crippen LogP contribution in [0, 0.1) is 5.82 Å². The first kappa shape index (κ1) is 20.9. The quantitative estimate of drug-likeness (QED) is 0.588. The van der Waals surface area contributed by atoms with E-state index in [0.717, 1.165) is 5.56 Å². The predicted molar refractivity (Wildman–Crippen MR) is 112 cm³/mol. The number of methoxy groups -OCH3 is 1. The summed E-state index contributed by atoms with van der Waals surface area (Å²) >= 11 is 6.50. The van der Waals surface area contributed by atoms with E-state index < -0.39 is 0 Å². The third-order valence-electron chi connectivity index (χ3n) is 5.36. The van der Waals surface area contributed by atoms with Gasteiger partial charge in [0.15, 0.2) is 11.5 Å². The normalized spacial score (nSPS) is 15.7. The third kappa shape index (κ3) is 5.86. The Balaban J connectivity index is 1.64. The van der Waals surface area contributed by atoms with Gasteiger partial charge in [0.05, 0.1) is 7.11 Å². The Morgan fingerprint density at radius 1 is 1.00 bits per heavy atom. The molecule has 0 bridgehead atoms. The molecule has 1 N–H and O–H groups in total. The molecule has 1 aliphatic carbocycles. The van der Waals surface area contributed by atoms with Crippen LogP contribution in [0.25, 0.3) is 0 Å². The first-order valence-corrected chi connectivity index (χ1v) is 10.5. The molecule has 0 heterocycles. The summed E-state index contributed by atoms with van der Waals surface area (Å²) in [7, 11) is 1.60. The summed E-state index contributed by atoms with van der Waals surface area (Å²) in [6, 6.07) is 10.8. The van der Waals surface area contributed by atoms with Gasteiger partial charge in [-0.15, -0.1) is 0 Å². The van der Waals surface area contributed by atoms with Gasteiger partial charge in [-0.05, 0) is 30.5 Å². The van der Waals surface area contributed by atoms with Crippen LogP contribution in [-0.4, -0.2) is 13.2 Å². The maximum Gasteiger partial charge on any atom is 0.163 e.